The average Bonchev–Trinajstić information content (AvgIpc) is 2.99. The third kappa shape index (κ3) is 6.89. The lowest BCUT2D eigenvalue weighted by Crippen LogP contribution is -2.49. The van der Waals surface area contributed by atoms with E-state index in [4.69, 9.17) is 10.5 Å². The summed E-state index contributed by atoms with van der Waals surface area (Å²) in [4.78, 5) is 4.74. The minimum atomic E-state index is -0.570. The molecule has 41 heavy (non-hydrogen) atoms. The lowest BCUT2D eigenvalue weighted by molar-refractivity contribution is 0.0660. The van der Waals surface area contributed by atoms with Crippen LogP contribution in [0.5, 0.6) is 5.75 Å². The minimum absolute atomic E-state index is 0.207. The molecule has 5 rings (SSSR count). The molecule has 0 spiro atoms. The number of aliphatic hydroxyl groups excluding tert-OH is 1. The standard InChI is InChI=1S/C35H40FN3O2/c1-24-20-34(25(2)26(3)35(24)37)41-23-31(40)22-38-16-18-39(19-17-38)33-7-5-4-6-32(33)29-12-8-27(9-13-29)21-28-10-14-30(36)15-11-28/h4-15,20,31,40H,16-19,21-23,37H2,1-3H3/t31-/m0/s1. The number of nitrogens with two attached hydrogens (primary N) is 1. The van der Waals surface area contributed by atoms with E-state index in [1.807, 2.05) is 39.0 Å². The van der Waals surface area contributed by atoms with Crippen LogP contribution in [-0.4, -0.2) is 55.4 Å². The number of hydrogen-bond donors (Lipinski definition) is 2. The van der Waals surface area contributed by atoms with E-state index in [1.54, 1.807) is 0 Å². The summed E-state index contributed by atoms with van der Waals surface area (Å²) in [5.41, 5.74) is 15.9. The van der Waals surface area contributed by atoms with Crippen LogP contribution in [0.4, 0.5) is 15.8 Å². The van der Waals surface area contributed by atoms with Gasteiger partial charge in [0.2, 0.25) is 0 Å². The van der Waals surface area contributed by atoms with Crippen molar-refractivity contribution in [1.29, 1.82) is 0 Å². The van der Waals surface area contributed by atoms with Crippen molar-refractivity contribution in [2.45, 2.75) is 33.3 Å². The summed E-state index contributed by atoms with van der Waals surface area (Å²) in [6.07, 6.45) is 0.208. The fraction of sp³-hybridized carbons (Fsp3) is 0.314. The Balaban J connectivity index is 1.16. The van der Waals surface area contributed by atoms with Crippen molar-refractivity contribution in [3.05, 3.63) is 112 Å². The van der Waals surface area contributed by atoms with Crippen LogP contribution in [0, 0.1) is 26.6 Å². The van der Waals surface area contributed by atoms with E-state index >= 15 is 0 Å². The number of halogens is 1. The second-order valence-corrected chi connectivity index (χ2v) is 11.1. The van der Waals surface area contributed by atoms with Crippen molar-refractivity contribution in [2.24, 2.45) is 0 Å². The molecule has 6 heteroatoms. The highest BCUT2D eigenvalue weighted by Gasteiger charge is 2.22. The van der Waals surface area contributed by atoms with Gasteiger partial charge in [0, 0.05) is 49.7 Å². The van der Waals surface area contributed by atoms with Gasteiger partial charge in [-0.3, -0.25) is 4.90 Å². The molecule has 1 heterocycles. The second kappa shape index (κ2) is 12.8. The second-order valence-electron chi connectivity index (χ2n) is 11.1. The Morgan fingerprint density at radius 1 is 0.854 bits per heavy atom. The highest BCUT2D eigenvalue weighted by molar-refractivity contribution is 5.79. The van der Waals surface area contributed by atoms with Gasteiger partial charge in [0.1, 0.15) is 24.3 Å². The number of hydrogen-bond acceptors (Lipinski definition) is 5. The Kier molecular flexibility index (Phi) is 8.91. The topological polar surface area (TPSA) is 62.0 Å². The van der Waals surface area contributed by atoms with Gasteiger partial charge in [-0.05, 0) is 84.8 Å². The van der Waals surface area contributed by atoms with E-state index in [2.05, 4.69) is 58.3 Å². The summed E-state index contributed by atoms with van der Waals surface area (Å²) in [6, 6.07) is 25.9. The smallest absolute Gasteiger partial charge is 0.123 e. The van der Waals surface area contributed by atoms with Gasteiger partial charge in [0.25, 0.3) is 0 Å². The molecule has 0 aliphatic carbocycles. The molecule has 0 bridgehead atoms. The number of para-hydroxylation sites is 1. The quantitative estimate of drug-likeness (QED) is 0.243. The SMILES string of the molecule is Cc1cc(OC[C@@H](O)CN2CCN(c3ccccc3-c3ccc(Cc4ccc(F)cc4)cc3)CC2)c(C)c(C)c1N. The Hall–Kier alpha value is -3.87. The predicted molar refractivity (Wildman–Crippen MR) is 166 cm³/mol. The molecule has 4 aromatic carbocycles. The lowest BCUT2D eigenvalue weighted by atomic mass is 9.98. The van der Waals surface area contributed by atoms with E-state index < -0.39 is 6.10 Å². The van der Waals surface area contributed by atoms with Crippen LogP contribution in [-0.2, 0) is 6.42 Å². The number of rotatable bonds is 9. The van der Waals surface area contributed by atoms with Gasteiger partial charge in [0.05, 0.1) is 0 Å². The number of piperazine rings is 1. The van der Waals surface area contributed by atoms with Crippen molar-refractivity contribution in [3.63, 3.8) is 0 Å². The Morgan fingerprint density at radius 2 is 1.49 bits per heavy atom. The molecule has 0 aromatic heterocycles. The summed E-state index contributed by atoms with van der Waals surface area (Å²) in [5.74, 6) is 0.583. The maximum absolute atomic E-state index is 13.2. The first-order valence-corrected chi connectivity index (χ1v) is 14.4. The summed E-state index contributed by atoms with van der Waals surface area (Å²) < 4.78 is 19.2. The molecule has 0 unspecified atom stereocenters. The fourth-order valence-corrected chi connectivity index (χ4v) is 5.56. The third-order valence-corrected chi connectivity index (χ3v) is 8.21. The molecule has 1 aliphatic rings. The summed E-state index contributed by atoms with van der Waals surface area (Å²) >= 11 is 0. The number of β-amino-alcohol motifs (C(OH)–C–C–N with tert-alkyl or cyclic N) is 1. The summed E-state index contributed by atoms with van der Waals surface area (Å²) in [6.45, 7) is 10.4. The molecule has 5 nitrogen and oxygen atoms in total. The minimum Gasteiger partial charge on any atom is -0.491 e. The molecular weight excluding hydrogens is 513 g/mol. The molecule has 1 aliphatic heterocycles. The van der Waals surface area contributed by atoms with Crippen molar-refractivity contribution < 1.29 is 14.2 Å². The molecule has 0 radical (unpaired) electrons. The highest BCUT2D eigenvalue weighted by Crippen LogP contribution is 2.32. The molecule has 1 atom stereocenters. The van der Waals surface area contributed by atoms with Gasteiger partial charge in [-0.25, -0.2) is 4.39 Å². The largest absolute Gasteiger partial charge is 0.491 e. The van der Waals surface area contributed by atoms with Crippen molar-refractivity contribution in [3.8, 4) is 16.9 Å². The van der Waals surface area contributed by atoms with E-state index in [0.717, 1.165) is 66.3 Å². The van der Waals surface area contributed by atoms with Gasteiger partial charge in [0.15, 0.2) is 0 Å². The molecular formula is C35H40FN3O2. The maximum Gasteiger partial charge on any atom is 0.123 e. The lowest BCUT2D eigenvalue weighted by Gasteiger charge is -2.37. The van der Waals surface area contributed by atoms with E-state index in [-0.39, 0.29) is 12.4 Å². The number of nitrogen functional groups attached to an aromatic ring is 1. The predicted octanol–water partition coefficient (Wildman–Crippen LogP) is 6.15. The van der Waals surface area contributed by atoms with Crippen LogP contribution in [0.2, 0.25) is 0 Å². The summed E-state index contributed by atoms with van der Waals surface area (Å²) in [5, 5.41) is 10.7. The van der Waals surface area contributed by atoms with Crippen LogP contribution >= 0.6 is 0 Å². The number of aryl methyl sites for hydroxylation is 1. The van der Waals surface area contributed by atoms with Crippen molar-refractivity contribution >= 4 is 11.4 Å². The maximum atomic E-state index is 13.2. The first-order chi connectivity index (χ1) is 19.8. The zero-order valence-corrected chi connectivity index (χ0v) is 24.2. The molecule has 4 aromatic rings. The normalized spacial score (nSPS) is 14.7. The summed E-state index contributed by atoms with van der Waals surface area (Å²) in [7, 11) is 0. The van der Waals surface area contributed by atoms with Gasteiger partial charge < -0.3 is 20.5 Å². The number of aliphatic hydroxyl groups is 1. The fourth-order valence-electron chi connectivity index (χ4n) is 5.56. The molecule has 0 saturated carbocycles. The van der Waals surface area contributed by atoms with Gasteiger partial charge in [-0.1, -0.05) is 54.6 Å². The molecule has 1 fully saturated rings. The third-order valence-electron chi connectivity index (χ3n) is 8.21. The average molecular weight is 554 g/mol. The number of nitrogens with zero attached hydrogens (tertiary/aromatic N) is 2. The number of benzene rings is 4. The van der Waals surface area contributed by atoms with Crippen LogP contribution in [0.25, 0.3) is 11.1 Å². The van der Waals surface area contributed by atoms with Crippen LogP contribution in [0.3, 0.4) is 0 Å². The van der Waals surface area contributed by atoms with Crippen molar-refractivity contribution in [2.75, 3.05) is 50.0 Å². The van der Waals surface area contributed by atoms with Gasteiger partial charge in [-0.15, -0.1) is 0 Å². The van der Waals surface area contributed by atoms with Gasteiger partial charge >= 0.3 is 0 Å². The molecule has 0 amide bonds. The zero-order chi connectivity index (χ0) is 28.9. The van der Waals surface area contributed by atoms with E-state index in [9.17, 15) is 9.50 Å². The van der Waals surface area contributed by atoms with E-state index in [0.29, 0.717) is 6.54 Å². The molecule has 1 saturated heterocycles. The van der Waals surface area contributed by atoms with Crippen molar-refractivity contribution in [1.82, 2.24) is 4.90 Å². The Bertz CT molecular complexity index is 1460. The van der Waals surface area contributed by atoms with Gasteiger partial charge in [-0.2, -0.15) is 0 Å². The first kappa shape index (κ1) is 28.7. The van der Waals surface area contributed by atoms with Crippen LogP contribution < -0.4 is 15.4 Å². The first-order valence-electron chi connectivity index (χ1n) is 14.4. The van der Waals surface area contributed by atoms with Crippen LogP contribution in [0.1, 0.15) is 27.8 Å². The number of anilines is 2. The molecule has 3 N–H and O–H groups in total. The number of ether oxygens (including phenoxy) is 1. The van der Waals surface area contributed by atoms with E-state index in [1.165, 1.54) is 34.5 Å². The molecule has 214 valence electrons. The Labute approximate surface area is 243 Å². The Morgan fingerprint density at radius 3 is 2.17 bits per heavy atom. The van der Waals surface area contributed by atoms with Crippen LogP contribution in [0.15, 0.2) is 78.9 Å². The monoisotopic (exact) mass is 553 g/mol. The highest BCUT2D eigenvalue weighted by atomic mass is 19.1. The zero-order valence-electron chi connectivity index (χ0n) is 24.2.